The van der Waals surface area contributed by atoms with Gasteiger partial charge in [0.25, 0.3) is 5.91 Å². The highest BCUT2D eigenvalue weighted by atomic mass is 19.4. The van der Waals surface area contributed by atoms with Crippen molar-refractivity contribution in [1.29, 1.82) is 10.5 Å². The highest BCUT2D eigenvalue weighted by Gasteiger charge is 2.38. The van der Waals surface area contributed by atoms with Gasteiger partial charge in [0.05, 0.1) is 22.9 Å². The predicted molar refractivity (Wildman–Crippen MR) is 169 cm³/mol. The van der Waals surface area contributed by atoms with Gasteiger partial charge in [-0.3, -0.25) is 4.79 Å². The Morgan fingerprint density at radius 2 is 1.50 bits per heavy atom. The van der Waals surface area contributed by atoms with Gasteiger partial charge in [0.15, 0.2) is 0 Å². The summed E-state index contributed by atoms with van der Waals surface area (Å²) in [7, 11) is 0. The molecule has 240 valence electrons. The fourth-order valence-corrected chi connectivity index (χ4v) is 5.68. The van der Waals surface area contributed by atoms with Gasteiger partial charge in [-0.1, -0.05) is 24.3 Å². The van der Waals surface area contributed by atoms with Crippen LogP contribution in [0.4, 0.5) is 30.2 Å². The minimum Gasteiger partial charge on any atom is -0.475 e. The largest absolute Gasteiger partial charge is 0.490 e. The van der Waals surface area contributed by atoms with Crippen LogP contribution in [0.5, 0.6) is 0 Å². The molecule has 9 nitrogen and oxygen atoms in total. The van der Waals surface area contributed by atoms with Crippen LogP contribution in [0, 0.1) is 36.5 Å². The van der Waals surface area contributed by atoms with Crippen molar-refractivity contribution < 1.29 is 27.9 Å². The van der Waals surface area contributed by atoms with Crippen molar-refractivity contribution in [2.75, 3.05) is 54.4 Å². The zero-order chi connectivity index (χ0) is 33.4. The summed E-state index contributed by atoms with van der Waals surface area (Å²) in [4.78, 5) is 29.0. The van der Waals surface area contributed by atoms with Gasteiger partial charge in [-0.25, -0.2) is 4.79 Å². The first-order chi connectivity index (χ1) is 21.9. The van der Waals surface area contributed by atoms with Gasteiger partial charge in [0.1, 0.15) is 6.07 Å². The SMILES string of the molecule is Cc1cc(C)c(C(=O)N2CCN(c3ccccc3C#N)CC2)cc1NC1CCN(c2cccc(C#N)c2)CC1.O=C(O)C(F)(F)F. The van der Waals surface area contributed by atoms with E-state index in [9.17, 15) is 28.5 Å². The summed E-state index contributed by atoms with van der Waals surface area (Å²) in [6.07, 6.45) is -3.11. The summed E-state index contributed by atoms with van der Waals surface area (Å²) < 4.78 is 31.7. The second kappa shape index (κ2) is 14.7. The molecule has 0 spiro atoms. The molecule has 0 atom stereocenters. The number of nitrogens with zero attached hydrogens (tertiary/aromatic N) is 5. The average Bonchev–Trinajstić information content (AvgIpc) is 3.06. The number of piperidine rings is 1. The number of anilines is 3. The Labute approximate surface area is 266 Å². The molecule has 0 unspecified atom stereocenters. The number of hydrogen-bond acceptors (Lipinski definition) is 7. The number of carbonyl (C=O) groups is 2. The average molecular weight is 633 g/mol. The molecule has 46 heavy (non-hydrogen) atoms. The first-order valence-corrected chi connectivity index (χ1v) is 14.9. The van der Waals surface area contributed by atoms with Gasteiger partial charge in [0, 0.05) is 62.2 Å². The fraction of sp³-hybridized carbons (Fsp3) is 0.353. The summed E-state index contributed by atoms with van der Waals surface area (Å²) in [5, 5.41) is 29.5. The van der Waals surface area contributed by atoms with E-state index in [1.165, 1.54) is 0 Å². The Kier molecular flexibility index (Phi) is 10.8. The van der Waals surface area contributed by atoms with Crippen molar-refractivity contribution in [2.24, 2.45) is 0 Å². The third-order valence-corrected chi connectivity index (χ3v) is 8.17. The lowest BCUT2D eigenvalue weighted by atomic mass is 9.99. The number of aryl methyl sites for hydroxylation is 2. The molecule has 0 aliphatic carbocycles. The minimum atomic E-state index is -5.08. The van der Waals surface area contributed by atoms with Crippen LogP contribution in [0.15, 0.2) is 60.7 Å². The van der Waals surface area contributed by atoms with E-state index in [0.29, 0.717) is 43.3 Å². The van der Waals surface area contributed by atoms with E-state index < -0.39 is 12.1 Å². The number of hydrogen-bond donors (Lipinski definition) is 2. The summed E-state index contributed by atoms with van der Waals surface area (Å²) in [5.41, 5.74) is 7.31. The molecular formula is C34H35F3N6O3. The van der Waals surface area contributed by atoms with E-state index >= 15 is 0 Å². The molecule has 0 saturated carbocycles. The van der Waals surface area contributed by atoms with Gasteiger partial charge in [-0.15, -0.1) is 0 Å². The highest BCUT2D eigenvalue weighted by Crippen LogP contribution is 2.28. The van der Waals surface area contributed by atoms with Gasteiger partial charge in [-0.2, -0.15) is 23.7 Å². The van der Waals surface area contributed by atoms with Crippen LogP contribution >= 0.6 is 0 Å². The van der Waals surface area contributed by atoms with Crippen LogP contribution in [0.3, 0.4) is 0 Å². The maximum absolute atomic E-state index is 13.6. The molecule has 0 radical (unpaired) electrons. The normalized spacial score (nSPS) is 15.2. The molecule has 0 aromatic heterocycles. The number of rotatable bonds is 5. The number of halogens is 3. The second-order valence-electron chi connectivity index (χ2n) is 11.3. The fourth-order valence-electron chi connectivity index (χ4n) is 5.68. The molecule has 2 fully saturated rings. The minimum absolute atomic E-state index is 0.0657. The second-order valence-corrected chi connectivity index (χ2v) is 11.3. The number of benzene rings is 3. The van der Waals surface area contributed by atoms with E-state index in [-0.39, 0.29) is 5.91 Å². The number of para-hydroxylation sites is 1. The number of alkyl halides is 3. The Balaban J connectivity index is 0.000000617. The van der Waals surface area contributed by atoms with Crippen molar-refractivity contribution in [3.8, 4) is 12.1 Å². The third kappa shape index (κ3) is 8.27. The molecule has 2 saturated heterocycles. The van der Waals surface area contributed by atoms with Crippen LogP contribution in [0.1, 0.15) is 45.5 Å². The van der Waals surface area contributed by atoms with Crippen LogP contribution in [0.2, 0.25) is 0 Å². The molecule has 2 aliphatic heterocycles. The van der Waals surface area contributed by atoms with Gasteiger partial charge < -0.3 is 25.1 Å². The van der Waals surface area contributed by atoms with Crippen molar-refractivity contribution in [2.45, 2.75) is 38.9 Å². The van der Waals surface area contributed by atoms with Gasteiger partial charge in [-0.05, 0) is 74.2 Å². The van der Waals surface area contributed by atoms with Crippen LogP contribution in [0.25, 0.3) is 0 Å². The summed E-state index contributed by atoms with van der Waals surface area (Å²) in [6, 6.07) is 24.4. The maximum Gasteiger partial charge on any atom is 0.490 e. The molecule has 1 amide bonds. The van der Waals surface area contributed by atoms with E-state index in [0.717, 1.165) is 59.7 Å². The first-order valence-electron chi connectivity index (χ1n) is 14.9. The molecule has 3 aromatic carbocycles. The number of carboxylic acid groups (broad SMARTS) is 1. The molecule has 0 bridgehead atoms. The van der Waals surface area contributed by atoms with E-state index in [1.807, 2.05) is 60.4 Å². The Morgan fingerprint density at radius 1 is 0.848 bits per heavy atom. The number of nitriles is 2. The predicted octanol–water partition coefficient (Wildman–Crippen LogP) is 5.72. The Bertz CT molecular complexity index is 1650. The van der Waals surface area contributed by atoms with Crippen molar-refractivity contribution >= 4 is 28.9 Å². The molecule has 5 rings (SSSR count). The third-order valence-electron chi connectivity index (χ3n) is 8.17. The smallest absolute Gasteiger partial charge is 0.475 e. The van der Waals surface area contributed by atoms with Crippen LogP contribution < -0.4 is 15.1 Å². The van der Waals surface area contributed by atoms with Gasteiger partial charge in [0.2, 0.25) is 0 Å². The van der Waals surface area contributed by atoms with E-state index in [1.54, 1.807) is 0 Å². The first kappa shape index (κ1) is 33.7. The van der Waals surface area contributed by atoms with Gasteiger partial charge >= 0.3 is 12.1 Å². The molecule has 3 aromatic rings. The van der Waals surface area contributed by atoms with Crippen LogP contribution in [-0.2, 0) is 4.79 Å². The van der Waals surface area contributed by atoms with Crippen molar-refractivity contribution in [3.05, 3.63) is 88.5 Å². The molecule has 2 aliphatic rings. The Hall–Kier alpha value is -5.23. The van der Waals surface area contributed by atoms with Crippen LogP contribution in [-0.4, -0.2) is 73.4 Å². The number of aliphatic carboxylic acids is 1. The summed E-state index contributed by atoms with van der Waals surface area (Å²) in [6.45, 7) is 8.60. The topological polar surface area (TPSA) is 124 Å². The monoisotopic (exact) mass is 632 g/mol. The standard InChI is InChI=1S/C32H34N6O.C2HF3O2/c1-23-18-24(2)30(35-27-10-12-36(13-11-27)28-8-5-6-25(19-28)21-33)20-29(23)32(39)38-16-14-37(15-17-38)31-9-4-3-7-26(31)22-34;3-2(4,5)1(6)7/h3-9,18-20,27,35H,10-17H2,1-2H3;(H,6,7). The number of piperazine rings is 1. The van der Waals surface area contributed by atoms with Crippen molar-refractivity contribution in [1.82, 2.24) is 4.90 Å². The van der Waals surface area contributed by atoms with E-state index in [4.69, 9.17) is 9.90 Å². The molecular weight excluding hydrogens is 597 g/mol. The van der Waals surface area contributed by atoms with Crippen molar-refractivity contribution in [3.63, 3.8) is 0 Å². The zero-order valence-electron chi connectivity index (χ0n) is 25.6. The molecule has 12 heteroatoms. The lowest BCUT2D eigenvalue weighted by molar-refractivity contribution is -0.192. The Morgan fingerprint density at radius 3 is 2.11 bits per heavy atom. The number of carboxylic acids is 1. The lowest BCUT2D eigenvalue weighted by Gasteiger charge is -2.37. The number of amides is 1. The maximum atomic E-state index is 13.6. The molecule has 2 heterocycles. The van der Waals surface area contributed by atoms with E-state index in [2.05, 4.69) is 46.3 Å². The molecule has 2 N–H and O–H groups in total. The quantitative estimate of drug-likeness (QED) is 0.366. The summed E-state index contributed by atoms with van der Waals surface area (Å²) in [5.74, 6) is -2.69. The number of nitrogens with one attached hydrogen (secondary N) is 1. The summed E-state index contributed by atoms with van der Waals surface area (Å²) >= 11 is 0. The number of carbonyl (C=O) groups excluding carboxylic acids is 1. The highest BCUT2D eigenvalue weighted by molar-refractivity contribution is 5.97. The lowest BCUT2D eigenvalue weighted by Crippen LogP contribution is -2.49. The zero-order valence-corrected chi connectivity index (χ0v) is 25.6.